The summed E-state index contributed by atoms with van der Waals surface area (Å²) < 4.78 is 16.6. The summed E-state index contributed by atoms with van der Waals surface area (Å²) >= 11 is 0. The Kier molecular flexibility index (Phi) is 5.65. The van der Waals surface area contributed by atoms with Gasteiger partial charge in [0.2, 0.25) is 5.91 Å². The number of nitro groups is 1. The minimum Gasteiger partial charge on any atom is -0.486 e. The van der Waals surface area contributed by atoms with E-state index in [0.717, 1.165) is 11.1 Å². The van der Waals surface area contributed by atoms with Gasteiger partial charge in [0.05, 0.1) is 23.1 Å². The Morgan fingerprint density at radius 2 is 1.94 bits per heavy atom. The summed E-state index contributed by atoms with van der Waals surface area (Å²) in [5, 5.41) is 15.2. The first-order chi connectivity index (χ1) is 15.0. The predicted octanol–water partition coefficient (Wildman–Crippen LogP) is 3.63. The van der Waals surface area contributed by atoms with Crippen LogP contribution in [0.25, 0.3) is 11.3 Å². The van der Waals surface area contributed by atoms with Crippen molar-refractivity contribution in [3.8, 4) is 22.8 Å². The van der Waals surface area contributed by atoms with Crippen LogP contribution in [0.4, 0.5) is 5.69 Å². The molecule has 9 heteroatoms. The van der Waals surface area contributed by atoms with Crippen LogP contribution in [0.2, 0.25) is 0 Å². The van der Waals surface area contributed by atoms with Gasteiger partial charge in [-0.25, -0.2) is 5.43 Å². The first kappa shape index (κ1) is 20.1. The number of hydrogen-bond acceptors (Lipinski definition) is 7. The molecule has 0 fully saturated rings. The van der Waals surface area contributed by atoms with Crippen LogP contribution in [0.1, 0.15) is 16.9 Å². The first-order valence-corrected chi connectivity index (χ1v) is 9.55. The van der Waals surface area contributed by atoms with Gasteiger partial charge in [-0.15, -0.1) is 0 Å². The zero-order valence-corrected chi connectivity index (χ0v) is 16.7. The molecule has 1 amide bonds. The maximum absolute atomic E-state index is 12.1. The maximum Gasteiger partial charge on any atom is 0.280 e. The third kappa shape index (κ3) is 4.72. The molecular weight excluding hydrogens is 402 g/mol. The van der Waals surface area contributed by atoms with Crippen LogP contribution < -0.4 is 14.9 Å². The Balaban J connectivity index is 1.39. The molecule has 4 rings (SSSR count). The Morgan fingerprint density at radius 1 is 1.13 bits per heavy atom. The largest absolute Gasteiger partial charge is 0.486 e. The van der Waals surface area contributed by atoms with Crippen molar-refractivity contribution >= 4 is 17.8 Å². The summed E-state index contributed by atoms with van der Waals surface area (Å²) in [6.45, 7) is 2.77. The van der Waals surface area contributed by atoms with Gasteiger partial charge in [-0.2, -0.15) is 5.10 Å². The third-order valence-corrected chi connectivity index (χ3v) is 4.59. The zero-order valence-electron chi connectivity index (χ0n) is 16.7. The summed E-state index contributed by atoms with van der Waals surface area (Å²) in [4.78, 5) is 23.0. The lowest BCUT2D eigenvalue weighted by Crippen LogP contribution is -2.20. The Bertz CT molecular complexity index is 1170. The Labute approximate surface area is 177 Å². The third-order valence-electron chi connectivity index (χ3n) is 4.59. The minimum atomic E-state index is -0.448. The number of furan rings is 1. The molecule has 0 aliphatic carbocycles. The fourth-order valence-corrected chi connectivity index (χ4v) is 3.16. The van der Waals surface area contributed by atoms with Crippen molar-refractivity contribution < 1.29 is 23.6 Å². The highest BCUT2D eigenvalue weighted by atomic mass is 16.6. The van der Waals surface area contributed by atoms with E-state index in [1.54, 1.807) is 49.4 Å². The molecule has 0 unspecified atom stereocenters. The van der Waals surface area contributed by atoms with E-state index in [9.17, 15) is 14.9 Å². The molecular formula is C22H19N3O6. The van der Waals surface area contributed by atoms with E-state index >= 15 is 0 Å². The van der Waals surface area contributed by atoms with Crippen molar-refractivity contribution in [3.05, 3.63) is 75.5 Å². The number of aryl methyl sites for hydroxylation is 1. The highest BCUT2D eigenvalue weighted by Gasteiger charge is 2.18. The second kappa shape index (κ2) is 8.70. The number of nitro benzene ring substituents is 1. The van der Waals surface area contributed by atoms with Gasteiger partial charge in [0, 0.05) is 6.07 Å². The highest BCUT2D eigenvalue weighted by molar-refractivity contribution is 5.82. The van der Waals surface area contributed by atoms with Gasteiger partial charge in [0.15, 0.2) is 11.5 Å². The molecule has 3 aromatic rings. The van der Waals surface area contributed by atoms with E-state index in [4.69, 9.17) is 13.9 Å². The second-order valence-electron chi connectivity index (χ2n) is 6.93. The monoisotopic (exact) mass is 421 g/mol. The molecule has 1 aliphatic heterocycles. The van der Waals surface area contributed by atoms with Crippen molar-refractivity contribution in [2.75, 3.05) is 13.2 Å². The van der Waals surface area contributed by atoms with E-state index in [1.807, 2.05) is 0 Å². The van der Waals surface area contributed by atoms with Gasteiger partial charge in [-0.05, 0) is 48.4 Å². The lowest BCUT2D eigenvalue weighted by Gasteiger charge is -2.18. The highest BCUT2D eigenvalue weighted by Crippen LogP contribution is 2.32. The maximum atomic E-state index is 12.1. The van der Waals surface area contributed by atoms with Crippen LogP contribution in [0.15, 0.2) is 58.0 Å². The molecule has 1 aliphatic rings. The van der Waals surface area contributed by atoms with E-state index in [0.29, 0.717) is 41.8 Å². The van der Waals surface area contributed by atoms with Gasteiger partial charge in [0.1, 0.15) is 24.7 Å². The molecule has 0 spiro atoms. The number of rotatable bonds is 6. The van der Waals surface area contributed by atoms with E-state index < -0.39 is 4.92 Å². The van der Waals surface area contributed by atoms with Crippen LogP contribution in [-0.4, -0.2) is 30.3 Å². The molecule has 0 saturated heterocycles. The molecule has 1 N–H and O–H groups in total. The topological polar surface area (TPSA) is 116 Å². The molecule has 31 heavy (non-hydrogen) atoms. The molecule has 0 saturated carbocycles. The van der Waals surface area contributed by atoms with E-state index in [1.165, 1.54) is 12.3 Å². The molecule has 0 atom stereocenters. The van der Waals surface area contributed by atoms with Crippen molar-refractivity contribution in [2.45, 2.75) is 13.3 Å². The van der Waals surface area contributed by atoms with Crippen molar-refractivity contribution in [3.63, 3.8) is 0 Å². The quantitative estimate of drug-likeness (QED) is 0.369. The molecule has 158 valence electrons. The normalized spacial score (nSPS) is 12.7. The summed E-state index contributed by atoms with van der Waals surface area (Å²) in [6, 6.07) is 13.5. The molecule has 1 aromatic heterocycles. The van der Waals surface area contributed by atoms with E-state index in [-0.39, 0.29) is 18.0 Å². The SMILES string of the molecule is Cc1ccc(-c2ccc(/C=N\NC(=O)Cc3ccc4c(c3)OCCO4)o2)c([N+](=O)[O-])c1. The predicted molar refractivity (Wildman–Crippen MR) is 112 cm³/mol. The summed E-state index contributed by atoms with van der Waals surface area (Å²) in [5.41, 5.74) is 4.32. The van der Waals surface area contributed by atoms with Crippen LogP contribution >= 0.6 is 0 Å². The van der Waals surface area contributed by atoms with Crippen LogP contribution in [0.3, 0.4) is 0 Å². The van der Waals surface area contributed by atoms with E-state index in [2.05, 4.69) is 10.5 Å². The second-order valence-corrected chi connectivity index (χ2v) is 6.93. The number of carbonyl (C=O) groups excluding carboxylic acids is 1. The number of ether oxygens (including phenoxy) is 2. The lowest BCUT2D eigenvalue weighted by atomic mass is 10.1. The first-order valence-electron chi connectivity index (χ1n) is 9.55. The molecule has 0 radical (unpaired) electrons. The van der Waals surface area contributed by atoms with Crippen LogP contribution in [0.5, 0.6) is 11.5 Å². The Morgan fingerprint density at radius 3 is 2.74 bits per heavy atom. The van der Waals surface area contributed by atoms with Crippen molar-refractivity contribution in [1.29, 1.82) is 0 Å². The van der Waals surface area contributed by atoms with Gasteiger partial charge in [0.25, 0.3) is 5.69 Å². The number of fused-ring (bicyclic) bond motifs is 1. The summed E-state index contributed by atoms with van der Waals surface area (Å²) in [5.74, 6) is 1.67. The van der Waals surface area contributed by atoms with Gasteiger partial charge in [-0.1, -0.05) is 12.1 Å². The zero-order chi connectivity index (χ0) is 21.8. The number of carbonyl (C=O) groups is 1. The fraction of sp³-hybridized carbons (Fsp3) is 0.182. The molecule has 9 nitrogen and oxygen atoms in total. The van der Waals surface area contributed by atoms with Gasteiger partial charge >= 0.3 is 0 Å². The van der Waals surface area contributed by atoms with Crippen LogP contribution in [-0.2, 0) is 11.2 Å². The summed E-state index contributed by atoms with van der Waals surface area (Å²) in [6.07, 6.45) is 1.46. The minimum absolute atomic E-state index is 0.0365. The fourth-order valence-electron chi connectivity index (χ4n) is 3.16. The van der Waals surface area contributed by atoms with Crippen LogP contribution in [0, 0.1) is 17.0 Å². The Hall–Kier alpha value is -4.14. The number of amides is 1. The number of hydrogen-bond donors (Lipinski definition) is 1. The van der Waals surface area contributed by atoms with Gasteiger partial charge < -0.3 is 13.9 Å². The standard InChI is InChI=1S/C22H19N3O6/c1-14-2-5-17(18(10-14)25(27)28)19-7-4-16(31-19)13-23-24-22(26)12-15-3-6-20-21(11-15)30-9-8-29-20/h2-7,10-11,13H,8-9,12H2,1H3,(H,24,26)/b23-13-. The molecule has 2 heterocycles. The smallest absolute Gasteiger partial charge is 0.280 e. The summed E-state index contributed by atoms with van der Waals surface area (Å²) in [7, 11) is 0. The average Bonchev–Trinajstić information content (AvgIpc) is 3.22. The lowest BCUT2D eigenvalue weighted by molar-refractivity contribution is -0.384. The number of hydrazone groups is 1. The van der Waals surface area contributed by atoms with Crippen molar-refractivity contribution in [2.24, 2.45) is 5.10 Å². The van der Waals surface area contributed by atoms with Gasteiger partial charge in [-0.3, -0.25) is 14.9 Å². The molecule has 0 bridgehead atoms. The number of nitrogens with one attached hydrogen (secondary N) is 1. The number of benzene rings is 2. The number of nitrogens with zero attached hydrogens (tertiary/aromatic N) is 2. The van der Waals surface area contributed by atoms with Crippen molar-refractivity contribution in [1.82, 2.24) is 5.43 Å². The average molecular weight is 421 g/mol. The molecule has 2 aromatic carbocycles.